The van der Waals surface area contributed by atoms with Crippen LogP contribution in [0.5, 0.6) is 0 Å². The van der Waals surface area contributed by atoms with Gasteiger partial charge in [0, 0.05) is 25.7 Å². The fraction of sp³-hybridized carbons (Fsp3) is 0.951. The largest absolute Gasteiger partial charge is 0.472 e. The topological polar surface area (TPSA) is 237 Å². The molecule has 19 heteroatoms. The fourth-order valence-corrected chi connectivity index (χ4v) is 14.2. The number of esters is 4. The van der Waals surface area contributed by atoms with Gasteiger partial charge in [0.05, 0.1) is 26.4 Å². The van der Waals surface area contributed by atoms with E-state index in [0.717, 1.165) is 114 Å². The average molecular weight is 1480 g/mol. The Hall–Kier alpha value is -1.94. The van der Waals surface area contributed by atoms with Gasteiger partial charge < -0.3 is 33.8 Å². The minimum absolute atomic E-state index is 0.105. The van der Waals surface area contributed by atoms with Crippen molar-refractivity contribution in [2.24, 2.45) is 23.7 Å². The Labute approximate surface area is 619 Å². The molecular formula is C82H160O17P2. The Morgan fingerprint density at radius 1 is 0.277 bits per heavy atom. The van der Waals surface area contributed by atoms with Crippen molar-refractivity contribution in [3.05, 3.63) is 0 Å². The second kappa shape index (κ2) is 71.0. The zero-order valence-electron chi connectivity index (χ0n) is 66.5. The number of rotatable bonds is 79. The second-order valence-corrected chi connectivity index (χ2v) is 34.1. The summed E-state index contributed by atoms with van der Waals surface area (Å²) in [4.78, 5) is 73.0. The van der Waals surface area contributed by atoms with E-state index >= 15 is 0 Å². The van der Waals surface area contributed by atoms with Crippen LogP contribution >= 0.6 is 15.6 Å². The predicted octanol–water partition coefficient (Wildman–Crippen LogP) is 24.4. The van der Waals surface area contributed by atoms with Crippen LogP contribution in [0.2, 0.25) is 0 Å². The van der Waals surface area contributed by atoms with Crippen molar-refractivity contribution >= 4 is 39.5 Å². The molecule has 0 bridgehead atoms. The van der Waals surface area contributed by atoms with Gasteiger partial charge in [-0.1, -0.05) is 370 Å². The van der Waals surface area contributed by atoms with Crippen LogP contribution in [-0.4, -0.2) is 96.7 Å². The van der Waals surface area contributed by atoms with E-state index in [4.69, 9.17) is 37.0 Å². The summed E-state index contributed by atoms with van der Waals surface area (Å²) in [5, 5.41) is 10.6. The van der Waals surface area contributed by atoms with E-state index in [0.29, 0.717) is 31.6 Å². The second-order valence-electron chi connectivity index (χ2n) is 31.2. The van der Waals surface area contributed by atoms with Crippen LogP contribution < -0.4 is 0 Å². The highest BCUT2D eigenvalue weighted by Gasteiger charge is 2.30. The number of ether oxygens (including phenoxy) is 4. The maximum atomic E-state index is 13.1. The van der Waals surface area contributed by atoms with Crippen molar-refractivity contribution in [2.75, 3.05) is 39.6 Å². The van der Waals surface area contributed by atoms with Crippen LogP contribution in [0, 0.1) is 23.7 Å². The van der Waals surface area contributed by atoms with Crippen LogP contribution in [0.3, 0.4) is 0 Å². The van der Waals surface area contributed by atoms with Gasteiger partial charge in [0.15, 0.2) is 12.2 Å². The van der Waals surface area contributed by atoms with Gasteiger partial charge in [0.2, 0.25) is 0 Å². The third kappa shape index (κ3) is 74.7. The molecule has 0 heterocycles. The highest BCUT2D eigenvalue weighted by Crippen LogP contribution is 2.45. The number of aliphatic hydroxyl groups is 1. The molecule has 0 rings (SSSR count). The molecule has 0 fully saturated rings. The first-order valence-corrected chi connectivity index (χ1v) is 45.2. The molecule has 0 aromatic carbocycles. The van der Waals surface area contributed by atoms with E-state index in [1.807, 2.05) is 0 Å². The van der Waals surface area contributed by atoms with Gasteiger partial charge in [0.25, 0.3) is 0 Å². The zero-order chi connectivity index (χ0) is 74.6. The van der Waals surface area contributed by atoms with Crippen LogP contribution in [-0.2, 0) is 65.4 Å². The number of carbonyl (C=O) groups excluding carboxylic acids is 4. The molecule has 600 valence electrons. The SMILES string of the molecule is CCC(C)CCCCCCCCCCCCC(=O)O[C@H](COC(=O)CCCCCCCCC(C)C)COP(=O)(O)OC[C@H](O)COP(=O)(O)OC[C@@H](COC(=O)CCCCCCCCCCCCCCCCCCC(C)C)OC(=O)CCCCCCCCCCCCCCCCCCC(C)C. The summed E-state index contributed by atoms with van der Waals surface area (Å²) in [6.45, 7) is 14.3. The Bertz CT molecular complexity index is 1970. The first-order valence-electron chi connectivity index (χ1n) is 42.2. The van der Waals surface area contributed by atoms with Gasteiger partial charge >= 0.3 is 39.5 Å². The normalized spacial score (nSPS) is 14.3. The highest BCUT2D eigenvalue weighted by atomic mass is 31.2. The van der Waals surface area contributed by atoms with Gasteiger partial charge in [-0.2, -0.15) is 0 Å². The van der Waals surface area contributed by atoms with Gasteiger partial charge in [-0.15, -0.1) is 0 Å². The molecule has 0 aromatic rings. The summed E-state index contributed by atoms with van der Waals surface area (Å²) >= 11 is 0. The molecule has 3 N–H and O–H groups in total. The van der Waals surface area contributed by atoms with Crippen LogP contribution in [0.4, 0.5) is 0 Å². The Morgan fingerprint density at radius 3 is 0.703 bits per heavy atom. The monoisotopic (exact) mass is 1480 g/mol. The van der Waals surface area contributed by atoms with Gasteiger partial charge in [-0.25, -0.2) is 9.13 Å². The lowest BCUT2D eigenvalue weighted by Gasteiger charge is -2.21. The van der Waals surface area contributed by atoms with E-state index in [-0.39, 0.29) is 25.7 Å². The molecule has 0 aliphatic heterocycles. The average Bonchev–Trinajstić information content (AvgIpc) is 0.925. The molecular weight excluding hydrogens is 1320 g/mol. The molecule has 101 heavy (non-hydrogen) atoms. The number of hydrogen-bond acceptors (Lipinski definition) is 15. The number of phosphoric acid groups is 2. The molecule has 3 unspecified atom stereocenters. The summed E-state index contributed by atoms with van der Waals surface area (Å²) < 4.78 is 68.7. The van der Waals surface area contributed by atoms with Crippen molar-refractivity contribution in [3.63, 3.8) is 0 Å². The summed E-state index contributed by atoms with van der Waals surface area (Å²) in [6.07, 6.45) is 58.4. The van der Waals surface area contributed by atoms with Gasteiger partial charge in [0.1, 0.15) is 19.3 Å². The van der Waals surface area contributed by atoms with E-state index in [2.05, 4.69) is 55.4 Å². The number of aliphatic hydroxyl groups excluding tert-OH is 1. The molecule has 0 spiro atoms. The Morgan fingerprint density at radius 2 is 0.475 bits per heavy atom. The summed E-state index contributed by atoms with van der Waals surface area (Å²) in [6, 6.07) is 0. The molecule has 0 aliphatic carbocycles. The fourth-order valence-electron chi connectivity index (χ4n) is 12.6. The number of unbranched alkanes of at least 4 members (excludes halogenated alkanes) is 44. The summed E-state index contributed by atoms with van der Waals surface area (Å²) in [5.74, 6) is 0.989. The lowest BCUT2D eigenvalue weighted by atomic mass is 9.99. The maximum absolute atomic E-state index is 13.1. The third-order valence-corrected chi connectivity index (χ3v) is 21.3. The molecule has 0 saturated carbocycles. The predicted molar refractivity (Wildman–Crippen MR) is 414 cm³/mol. The van der Waals surface area contributed by atoms with E-state index < -0.39 is 97.5 Å². The molecule has 6 atom stereocenters. The maximum Gasteiger partial charge on any atom is 0.472 e. The molecule has 0 radical (unpaired) electrons. The van der Waals surface area contributed by atoms with Crippen molar-refractivity contribution in [3.8, 4) is 0 Å². The molecule has 0 saturated heterocycles. The molecule has 17 nitrogen and oxygen atoms in total. The minimum Gasteiger partial charge on any atom is -0.462 e. The molecule has 0 aromatic heterocycles. The lowest BCUT2D eigenvalue weighted by Crippen LogP contribution is -2.30. The Kier molecular flexibility index (Phi) is 69.6. The van der Waals surface area contributed by atoms with Gasteiger partial charge in [-0.3, -0.25) is 37.3 Å². The van der Waals surface area contributed by atoms with E-state index in [1.54, 1.807) is 0 Å². The molecule has 0 amide bonds. The quantitative estimate of drug-likeness (QED) is 0.0222. The summed E-state index contributed by atoms with van der Waals surface area (Å²) in [5.41, 5.74) is 0. The van der Waals surface area contributed by atoms with Crippen molar-refractivity contribution < 1.29 is 80.2 Å². The van der Waals surface area contributed by atoms with Gasteiger partial charge in [-0.05, 0) is 49.4 Å². The van der Waals surface area contributed by atoms with Crippen LogP contribution in [0.1, 0.15) is 421 Å². The first kappa shape index (κ1) is 99.1. The molecule has 0 aliphatic rings. The van der Waals surface area contributed by atoms with Crippen LogP contribution in [0.15, 0.2) is 0 Å². The number of hydrogen-bond donors (Lipinski definition) is 3. The van der Waals surface area contributed by atoms with Crippen LogP contribution in [0.25, 0.3) is 0 Å². The Balaban J connectivity index is 5.23. The standard InChI is InChI=1S/C82H160O17P2/c1-9-75(8)61-53-45-36-30-26-27-33-39-49-57-65-82(87)99-78(69-93-80(85)63-55-47-41-40-44-52-60-74(6)7)71-97-101(90,91)95-67-76(83)66-94-100(88,89)96-70-77(98-81(86)64-56-48-38-32-25-21-17-13-11-15-19-23-29-35-43-51-59-73(4)5)68-92-79(84)62-54-46-37-31-24-20-16-12-10-14-18-22-28-34-42-50-58-72(2)3/h72-78,83H,9-71H2,1-8H3,(H,88,89)(H,90,91)/t75?,76-,77-,78-/m1/s1. The van der Waals surface area contributed by atoms with Crippen molar-refractivity contribution in [1.29, 1.82) is 0 Å². The zero-order valence-corrected chi connectivity index (χ0v) is 68.3. The van der Waals surface area contributed by atoms with E-state index in [1.165, 1.54) is 218 Å². The number of phosphoric ester groups is 2. The first-order chi connectivity index (χ1) is 48.6. The number of carbonyl (C=O) groups is 4. The lowest BCUT2D eigenvalue weighted by molar-refractivity contribution is -0.161. The van der Waals surface area contributed by atoms with Crippen molar-refractivity contribution in [1.82, 2.24) is 0 Å². The highest BCUT2D eigenvalue weighted by molar-refractivity contribution is 7.47. The van der Waals surface area contributed by atoms with E-state index in [9.17, 15) is 43.2 Å². The third-order valence-electron chi connectivity index (χ3n) is 19.4. The summed E-state index contributed by atoms with van der Waals surface area (Å²) in [7, 11) is -9.92. The minimum atomic E-state index is -4.96. The smallest absolute Gasteiger partial charge is 0.462 e. The van der Waals surface area contributed by atoms with Crippen molar-refractivity contribution in [2.45, 2.75) is 440 Å².